The number of methoxy groups -OCH3 is 1. The second-order valence-corrected chi connectivity index (χ2v) is 8.78. The quantitative estimate of drug-likeness (QED) is 0.627. The van der Waals surface area contributed by atoms with E-state index in [-0.39, 0.29) is 6.04 Å². The summed E-state index contributed by atoms with van der Waals surface area (Å²) in [5.74, 6) is 0.0418. The maximum atomic E-state index is 11.3. The summed E-state index contributed by atoms with van der Waals surface area (Å²) in [5, 5.41) is 10.5. The van der Waals surface area contributed by atoms with E-state index >= 15 is 0 Å². The van der Waals surface area contributed by atoms with Gasteiger partial charge in [-0.1, -0.05) is 12.1 Å². The Morgan fingerprint density at radius 2 is 1.97 bits per heavy atom. The number of ether oxygens (including phenoxy) is 1. The molecule has 0 amide bonds. The molecule has 1 saturated heterocycles. The van der Waals surface area contributed by atoms with Crippen LogP contribution in [0.2, 0.25) is 0 Å². The van der Waals surface area contributed by atoms with E-state index < -0.39 is 5.97 Å². The normalized spacial score (nSPS) is 20.3. The molecule has 31 heavy (non-hydrogen) atoms. The second kappa shape index (κ2) is 8.02. The van der Waals surface area contributed by atoms with Gasteiger partial charge in [0.05, 0.1) is 12.7 Å². The first kappa shape index (κ1) is 20.1. The average Bonchev–Trinajstić information content (AvgIpc) is 3.51. The van der Waals surface area contributed by atoms with Gasteiger partial charge in [-0.2, -0.15) is 0 Å². The minimum Gasteiger partial charge on any atom is -0.496 e. The number of carboxylic acids is 1. The Bertz CT molecular complexity index is 1100. The zero-order chi connectivity index (χ0) is 21.5. The van der Waals surface area contributed by atoms with Crippen LogP contribution in [0.15, 0.2) is 42.6 Å². The summed E-state index contributed by atoms with van der Waals surface area (Å²) in [6.45, 7) is 5.92. The van der Waals surface area contributed by atoms with Crippen LogP contribution in [0, 0.1) is 6.92 Å². The van der Waals surface area contributed by atoms with Crippen molar-refractivity contribution in [1.29, 1.82) is 0 Å². The molecule has 1 saturated carbocycles. The highest BCUT2D eigenvalue weighted by atomic mass is 16.5. The molecular weight excluding hydrogens is 390 g/mol. The molecule has 0 bridgehead atoms. The molecule has 2 aliphatic rings. The van der Waals surface area contributed by atoms with Gasteiger partial charge in [0.2, 0.25) is 0 Å². The van der Waals surface area contributed by atoms with Gasteiger partial charge >= 0.3 is 5.97 Å². The second-order valence-electron chi connectivity index (χ2n) is 8.78. The van der Waals surface area contributed by atoms with Gasteiger partial charge in [0.1, 0.15) is 5.75 Å². The Morgan fingerprint density at radius 3 is 2.65 bits per heavy atom. The van der Waals surface area contributed by atoms with Crippen molar-refractivity contribution in [1.82, 2.24) is 14.8 Å². The summed E-state index contributed by atoms with van der Waals surface area (Å²) in [6.07, 6.45) is 4.58. The Balaban J connectivity index is 1.49. The summed E-state index contributed by atoms with van der Waals surface area (Å²) in [4.78, 5) is 19.8. The number of aromatic nitrogens is 1. The van der Waals surface area contributed by atoms with Crippen molar-refractivity contribution in [2.24, 2.45) is 0 Å². The Labute approximate surface area is 182 Å². The van der Waals surface area contributed by atoms with Gasteiger partial charge in [-0.25, -0.2) is 4.79 Å². The van der Waals surface area contributed by atoms with Gasteiger partial charge < -0.3 is 14.8 Å². The van der Waals surface area contributed by atoms with E-state index in [0.29, 0.717) is 11.6 Å². The number of nitrogens with one attached hydrogen (secondary N) is 1. The molecule has 1 atom stereocenters. The number of aromatic amines is 1. The van der Waals surface area contributed by atoms with Crippen molar-refractivity contribution in [3.63, 3.8) is 0 Å². The molecular formula is C25H29N3O3. The van der Waals surface area contributed by atoms with Crippen molar-refractivity contribution >= 4 is 16.9 Å². The predicted octanol–water partition coefficient (Wildman–Crippen LogP) is 4.20. The van der Waals surface area contributed by atoms with E-state index in [1.807, 2.05) is 18.3 Å². The lowest BCUT2D eigenvalue weighted by atomic mass is 9.98. The highest BCUT2D eigenvalue weighted by Crippen LogP contribution is 2.37. The summed E-state index contributed by atoms with van der Waals surface area (Å²) in [6, 6.07) is 12.6. The number of hydrogen-bond acceptors (Lipinski definition) is 4. The van der Waals surface area contributed by atoms with Gasteiger partial charge in [0.15, 0.2) is 0 Å². The number of piperazine rings is 1. The number of benzene rings is 2. The molecule has 0 radical (unpaired) electrons. The number of aryl methyl sites for hydroxylation is 1. The fourth-order valence-electron chi connectivity index (χ4n) is 4.95. The van der Waals surface area contributed by atoms with Gasteiger partial charge in [-0.3, -0.25) is 9.80 Å². The van der Waals surface area contributed by atoms with Crippen LogP contribution in [0.1, 0.15) is 45.9 Å². The van der Waals surface area contributed by atoms with Crippen LogP contribution in [0.4, 0.5) is 0 Å². The number of H-pyrrole nitrogens is 1. The number of aromatic carboxylic acids is 1. The van der Waals surface area contributed by atoms with Crippen LogP contribution in [0.5, 0.6) is 5.75 Å². The maximum Gasteiger partial charge on any atom is 0.335 e. The van der Waals surface area contributed by atoms with Crippen molar-refractivity contribution in [2.75, 3.05) is 26.7 Å². The third-order valence-electron chi connectivity index (χ3n) is 6.82. The topological polar surface area (TPSA) is 68.8 Å². The molecule has 2 N–H and O–H groups in total. The largest absolute Gasteiger partial charge is 0.496 e. The minimum absolute atomic E-state index is 0.220. The zero-order valence-electron chi connectivity index (χ0n) is 18.1. The summed E-state index contributed by atoms with van der Waals surface area (Å²) in [7, 11) is 1.74. The minimum atomic E-state index is -0.883. The molecule has 162 valence electrons. The highest BCUT2D eigenvalue weighted by molar-refractivity contribution is 5.88. The first-order chi connectivity index (χ1) is 15.0. The van der Waals surface area contributed by atoms with E-state index in [0.717, 1.165) is 37.4 Å². The summed E-state index contributed by atoms with van der Waals surface area (Å²) >= 11 is 0. The molecule has 0 unspecified atom stereocenters. The fraction of sp³-hybridized carbons (Fsp3) is 0.400. The Morgan fingerprint density at radius 1 is 1.19 bits per heavy atom. The molecule has 6 heteroatoms. The molecule has 3 aromatic rings. The lowest BCUT2D eigenvalue weighted by molar-refractivity contribution is 0.0630. The first-order valence-electron chi connectivity index (χ1n) is 11.0. The summed E-state index contributed by atoms with van der Waals surface area (Å²) in [5.41, 5.74) is 5.05. The zero-order valence-corrected chi connectivity index (χ0v) is 18.1. The van der Waals surface area contributed by atoms with Crippen molar-refractivity contribution < 1.29 is 14.6 Å². The number of rotatable bonds is 6. The van der Waals surface area contributed by atoms with E-state index in [1.165, 1.54) is 34.9 Å². The molecule has 6 nitrogen and oxygen atoms in total. The van der Waals surface area contributed by atoms with Gasteiger partial charge in [0.25, 0.3) is 0 Å². The molecule has 5 rings (SSSR count). The van der Waals surface area contributed by atoms with E-state index in [2.05, 4.69) is 33.8 Å². The molecule has 1 aliphatic carbocycles. The lowest BCUT2D eigenvalue weighted by Gasteiger charge is -2.42. The molecule has 2 fully saturated rings. The summed E-state index contributed by atoms with van der Waals surface area (Å²) < 4.78 is 5.78. The van der Waals surface area contributed by atoms with Crippen LogP contribution in [-0.2, 0) is 6.54 Å². The molecule has 1 aromatic heterocycles. The van der Waals surface area contributed by atoms with Crippen LogP contribution in [0.25, 0.3) is 10.9 Å². The van der Waals surface area contributed by atoms with Crippen LogP contribution in [-0.4, -0.2) is 58.6 Å². The molecule has 2 aromatic carbocycles. The number of carbonyl (C=O) groups is 1. The van der Waals surface area contributed by atoms with Gasteiger partial charge in [0, 0.05) is 60.9 Å². The Hall–Kier alpha value is -2.83. The van der Waals surface area contributed by atoms with E-state index in [4.69, 9.17) is 4.74 Å². The third kappa shape index (κ3) is 3.82. The lowest BCUT2D eigenvalue weighted by Crippen LogP contribution is -2.48. The molecule has 0 spiro atoms. The van der Waals surface area contributed by atoms with Crippen molar-refractivity contribution in [2.45, 2.75) is 38.4 Å². The van der Waals surface area contributed by atoms with E-state index in [9.17, 15) is 9.90 Å². The number of hydrogen-bond donors (Lipinski definition) is 2. The van der Waals surface area contributed by atoms with Crippen LogP contribution >= 0.6 is 0 Å². The van der Waals surface area contributed by atoms with E-state index in [1.54, 1.807) is 19.2 Å². The first-order valence-corrected chi connectivity index (χ1v) is 11.0. The van der Waals surface area contributed by atoms with Gasteiger partial charge in [-0.15, -0.1) is 0 Å². The average molecular weight is 420 g/mol. The monoisotopic (exact) mass is 419 g/mol. The fourth-order valence-corrected chi connectivity index (χ4v) is 4.95. The molecule has 2 heterocycles. The number of carboxylic acid groups (broad SMARTS) is 1. The van der Waals surface area contributed by atoms with Crippen LogP contribution in [0.3, 0.4) is 0 Å². The standard InChI is InChI=1S/C25H29N3O3/c1-16-13-23(31-2)21(20-9-10-26-24(16)20)14-28-12-11-27(19-7-8-19)15-22(28)17-3-5-18(6-4-17)25(29)30/h3-6,9-10,13,19,22,26H,7-8,11-12,14-15H2,1-2H3,(H,29,30)/t22-/m1/s1. The SMILES string of the molecule is COc1cc(C)c2[nH]ccc2c1CN1CCN(C2CC2)C[C@@H]1c1ccc(C(=O)O)cc1. The Kier molecular flexibility index (Phi) is 5.20. The highest BCUT2D eigenvalue weighted by Gasteiger charge is 2.36. The van der Waals surface area contributed by atoms with Gasteiger partial charge in [-0.05, 0) is 55.2 Å². The number of nitrogens with zero attached hydrogens (tertiary/aromatic N) is 2. The maximum absolute atomic E-state index is 11.3. The van der Waals surface area contributed by atoms with Crippen molar-refractivity contribution in [3.8, 4) is 5.75 Å². The predicted molar refractivity (Wildman–Crippen MR) is 121 cm³/mol. The van der Waals surface area contributed by atoms with Crippen molar-refractivity contribution in [3.05, 3.63) is 64.8 Å². The number of fused-ring (bicyclic) bond motifs is 1. The third-order valence-corrected chi connectivity index (χ3v) is 6.82. The molecule has 1 aliphatic heterocycles. The van der Waals surface area contributed by atoms with Crippen LogP contribution < -0.4 is 4.74 Å². The smallest absolute Gasteiger partial charge is 0.335 e.